The van der Waals surface area contributed by atoms with Crippen molar-refractivity contribution in [2.24, 2.45) is 0 Å². The molecule has 2 aliphatic heterocycles. The molecule has 0 aromatic heterocycles. The Balaban J connectivity index is 1.57. The number of para-hydroxylation sites is 1. The van der Waals surface area contributed by atoms with Crippen LogP contribution >= 0.6 is 0 Å². The average Bonchev–Trinajstić information content (AvgIpc) is 2.91. The molecular formula is C16H20N2O3. The van der Waals surface area contributed by atoms with Crippen LogP contribution in [-0.2, 0) is 9.59 Å². The minimum absolute atomic E-state index is 0.0835. The van der Waals surface area contributed by atoms with Crippen molar-refractivity contribution in [3.8, 4) is 5.75 Å². The second kappa shape index (κ2) is 5.76. The molecule has 0 bridgehead atoms. The molecule has 0 aliphatic carbocycles. The van der Waals surface area contributed by atoms with Crippen LogP contribution in [0.2, 0.25) is 0 Å². The molecule has 5 nitrogen and oxygen atoms in total. The third kappa shape index (κ3) is 2.86. The molecule has 2 aliphatic rings. The standard InChI is InChI=1S/C16H20N2O3/c1-12(19)17-6-8-18(9-7-17)16(20)10-13-11-21-15-5-3-2-4-14(13)15/h2-5,13H,6-11H2,1H3. The molecule has 0 N–H and O–H groups in total. The van der Waals surface area contributed by atoms with Gasteiger partial charge in [0.05, 0.1) is 6.61 Å². The van der Waals surface area contributed by atoms with E-state index in [1.807, 2.05) is 29.2 Å². The van der Waals surface area contributed by atoms with Crippen LogP contribution in [0.15, 0.2) is 24.3 Å². The lowest BCUT2D eigenvalue weighted by molar-refractivity contribution is -0.138. The molecule has 2 heterocycles. The van der Waals surface area contributed by atoms with Crippen LogP contribution in [-0.4, -0.2) is 54.4 Å². The lowest BCUT2D eigenvalue weighted by Crippen LogP contribution is -2.50. The van der Waals surface area contributed by atoms with Gasteiger partial charge in [0.2, 0.25) is 11.8 Å². The maximum atomic E-state index is 12.4. The lowest BCUT2D eigenvalue weighted by Gasteiger charge is -2.34. The fourth-order valence-electron chi connectivity index (χ4n) is 3.01. The van der Waals surface area contributed by atoms with Crippen molar-refractivity contribution in [3.63, 3.8) is 0 Å². The molecular weight excluding hydrogens is 268 g/mol. The van der Waals surface area contributed by atoms with Gasteiger partial charge < -0.3 is 14.5 Å². The zero-order valence-electron chi connectivity index (χ0n) is 12.2. The molecule has 0 spiro atoms. The van der Waals surface area contributed by atoms with Crippen molar-refractivity contribution in [3.05, 3.63) is 29.8 Å². The molecule has 1 aromatic rings. The number of fused-ring (bicyclic) bond motifs is 1. The minimum atomic E-state index is 0.0835. The second-order valence-corrected chi connectivity index (χ2v) is 5.64. The fraction of sp³-hybridized carbons (Fsp3) is 0.500. The maximum absolute atomic E-state index is 12.4. The molecule has 1 aromatic carbocycles. The Morgan fingerprint density at radius 1 is 1.14 bits per heavy atom. The quantitative estimate of drug-likeness (QED) is 0.823. The van der Waals surface area contributed by atoms with Gasteiger partial charge in [-0.3, -0.25) is 9.59 Å². The minimum Gasteiger partial charge on any atom is -0.493 e. The van der Waals surface area contributed by atoms with Gasteiger partial charge in [-0.2, -0.15) is 0 Å². The van der Waals surface area contributed by atoms with Crippen molar-refractivity contribution >= 4 is 11.8 Å². The summed E-state index contributed by atoms with van der Waals surface area (Å²) >= 11 is 0. The van der Waals surface area contributed by atoms with Gasteiger partial charge >= 0.3 is 0 Å². The van der Waals surface area contributed by atoms with Crippen molar-refractivity contribution in [1.29, 1.82) is 0 Å². The lowest BCUT2D eigenvalue weighted by atomic mass is 9.97. The summed E-state index contributed by atoms with van der Waals surface area (Å²) in [7, 11) is 0. The van der Waals surface area contributed by atoms with E-state index in [-0.39, 0.29) is 17.7 Å². The van der Waals surface area contributed by atoms with Gasteiger partial charge in [-0.15, -0.1) is 0 Å². The number of ether oxygens (including phenoxy) is 1. The van der Waals surface area contributed by atoms with Crippen LogP contribution in [0.4, 0.5) is 0 Å². The molecule has 1 saturated heterocycles. The van der Waals surface area contributed by atoms with Gasteiger partial charge in [-0.25, -0.2) is 0 Å². The molecule has 0 saturated carbocycles. The van der Waals surface area contributed by atoms with E-state index in [1.54, 1.807) is 11.8 Å². The summed E-state index contributed by atoms with van der Waals surface area (Å²) in [4.78, 5) is 27.4. The third-order valence-corrected chi connectivity index (χ3v) is 4.30. The topological polar surface area (TPSA) is 49.9 Å². The SMILES string of the molecule is CC(=O)N1CCN(C(=O)CC2COc3ccccc32)CC1. The van der Waals surface area contributed by atoms with Gasteiger partial charge in [0.25, 0.3) is 0 Å². The number of carbonyl (C=O) groups is 2. The van der Waals surface area contributed by atoms with E-state index < -0.39 is 0 Å². The van der Waals surface area contributed by atoms with Crippen LogP contribution in [0.1, 0.15) is 24.8 Å². The number of carbonyl (C=O) groups excluding carboxylic acids is 2. The number of rotatable bonds is 2. The maximum Gasteiger partial charge on any atom is 0.223 e. The summed E-state index contributed by atoms with van der Waals surface area (Å²) in [5.41, 5.74) is 1.13. The summed E-state index contributed by atoms with van der Waals surface area (Å²) in [6.45, 7) is 4.70. The van der Waals surface area contributed by atoms with Gasteiger partial charge in [0.15, 0.2) is 0 Å². The number of benzene rings is 1. The van der Waals surface area contributed by atoms with Crippen LogP contribution in [0, 0.1) is 0 Å². The van der Waals surface area contributed by atoms with Crippen LogP contribution in [0.5, 0.6) is 5.75 Å². The summed E-state index contributed by atoms with van der Waals surface area (Å²) in [6.07, 6.45) is 0.483. The van der Waals surface area contributed by atoms with E-state index in [0.29, 0.717) is 39.2 Å². The summed E-state index contributed by atoms with van der Waals surface area (Å²) in [5, 5.41) is 0. The van der Waals surface area contributed by atoms with Gasteiger partial charge in [-0.1, -0.05) is 18.2 Å². The highest BCUT2D eigenvalue weighted by Gasteiger charge is 2.29. The summed E-state index contributed by atoms with van der Waals surface area (Å²) in [5.74, 6) is 1.29. The highest BCUT2D eigenvalue weighted by atomic mass is 16.5. The van der Waals surface area contributed by atoms with Crippen LogP contribution in [0.3, 0.4) is 0 Å². The zero-order valence-corrected chi connectivity index (χ0v) is 12.2. The number of hydrogen-bond acceptors (Lipinski definition) is 3. The fourth-order valence-corrected chi connectivity index (χ4v) is 3.01. The Morgan fingerprint density at radius 3 is 2.52 bits per heavy atom. The van der Waals surface area contributed by atoms with Crippen LogP contribution < -0.4 is 4.74 Å². The van der Waals surface area contributed by atoms with E-state index in [1.165, 1.54) is 0 Å². The van der Waals surface area contributed by atoms with E-state index in [2.05, 4.69) is 0 Å². The highest BCUT2D eigenvalue weighted by molar-refractivity contribution is 5.78. The summed E-state index contributed by atoms with van der Waals surface area (Å²) < 4.78 is 5.62. The Labute approximate surface area is 124 Å². The first-order valence-corrected chi connectivity index (χ1v) is 7.40. The molecule has 3 rings (SSSR count). The predicted molar refractivity (Wildman–Crippen MR) is 78.1 cm³/mol. The van der Waals surface area contributed by atoms with E-state index in [9.17, 15) is 9.59 Å². The van der Waals surface area contributed by atoms with E-state index >= 15 is 0 Å². The average molecular weight is 288 g/mol. The summed E-state index contributed by atoms with van der Waals surface area (Å²) in [6, 6.07) is 7.92. The van der Waals surface area contributed by atoms with Gasteiger partial charge in [0.1, 0.15) is 5.75 Å². The van der Waals surface area contributed by atoms with E-state index in [0.717, 1.165) is 11.3 Å². The first-order chi connectivity index (χ1) is 10.1. The highest BCUT2D eigenvalue weighted by Crippen LogP contribution is 2.35. The Kier molecular flexibility index (Phi) is 3.82. The zero-order chi connectivity index (χ0) is 14.8. The molecule has 1 unspecified atom stereocenters. The smallest absolute Gasteiger partial charge is 0.223 e. The first kappa shape index (κ1) is 13.9. The van der Waals surface area contributed by atoms with Crippen LogP contribution in [0.25, 0.3) is 0 Å². The largest absolute Gasteiger partial charge is 0.493 e. The molecule has 21 heavy (non-hydrogen) atoms. The van der Waals surface area contributed by atoms with Crippen molar-refractivity contribution in [1.82, 2.24) is 9.80 Å². The van der Waals surface area contributed by atoms with Crippen molar-refractivity contribution in [2.45, 2.75) is 19.3 Å². The van der Waals surface area contributed by atoms with E-state index in [4.69, 9.17) is 4.74 Å². The van der Waals surface area contributed by atoms with Gasteiger partial charge in [-0.05, 0) is 6.07 Å². The molecule has 112 valence electrons. The first-order valence-electron chi connectivity index (χ1n) is 7.40. The number of hydrogen-bond donors (Lipinski definition) is 0. The van der Waals surface area contributed by atoms with Crippen molar-refractivity contribution < 1.29 is 14.3 Å². The Morgan fingerprint density at radius 2 is 1.81 bits per heavy atom. The molecule has 0 radical (unpaired) electrons. The molecule has 1 atom stereocenters. The number of amides is 2. The molecule has 5 heteroatoms. The molecule has 1 fully saturated rings. The Hall–Kier alpha value is -2.04. The van der Waals surface area contributed by atoms with Crippen molar-refractivity contribution in [2.75, 3.05) is 32.8 Å². The monoisotopic (exact) mass is 288 g/mol. The normalized spacial score (nSPS) is 20.9. The third-order valence-electron chi connectivity index (χ3n) is 4.30. The number of nitrogens with zero attached hydrogens (tertiary/aromatic N) is 2. The Bertz CT molecular complexity index is 550. The molecule has 2 amide bonds. The van der Waals surface area contributed by atoms with Gasteiger partial charge in [0, 0.05) is 51.0 Å². The second-order valence-electron chi connectivity index (χ2n) is 5.64. The number of piperazine rings is 1. The predicted octanol–water partition coefficient (Wildman–Crippen LogP) is 1.24.